The van der Waals surface area contributed by atoms with Crippen LogP contribution in [0.15, 0.2) is 24.3 Å². The van der Waals surface area contributed by atoms with E-state index in [2.05, 4.69) is 10.2 Å². The molecule has 0 bridgehead atoms. The van der Waals surface area contributed by atoms with Crippen LogP contribution in [0.5, 0.6) is 0 Å². The SMILES string of the molecule is CNCCS(=O)(=O)N1CCN(c2ccccc2Cl)CC1. The molecule has 20 heavy (non-hydrogen) atoms. The van der Waals surface area contributed by atoms with Crippen LogP contribution in [0.2, 0.25) is 5.02 Å². The van der Waals surface area contributed by atoms with Gasteiger partial charge in [-0.1, -0.05) is 23.7 Å². The molecule has 1 saturated heterocycles. The van der Waals surface area contributed by atoms with Crippen LogP contribution in [0.4, 0.5) is 5.69 Å². The lowest BCUT2D eigenvalue weighted by Crippen LogP contribution is -2.50. The van der Waals surface area contributed by atoms with Gasteiger partial charge in [-0.05, 0) is 19.2 Å². The molecule has 1 N–H and O–H groups in total. The monoisotopic (exact) mass is 317 g/mol. The van der Waals surface area contributed by atoms with Crippen LogP contribution in [0.25, 0.3) is 0 Å². The minimum absolute atomic E-state index is 0.148. The topological polar surface area (TPSA) is 52.7 Å². The molecule has 1 fully saturated rings. The first kappa shape index (κ1) is 15.6. The number of para-hydroxylation sites is 1. The van der Waals surface area contributed by atoms with Gasteiger partial charge in [-0.3, -0.25) is 0 Å². The highest BCUT2D eigenvalue weighted by Gasteiger charge is 2.26. The molecule has 7 heteroatoms. The van der Waals surface area contributed by atoms with Gasteiger partial charge in [0.05, 0.1) is 16.5 Å². The van der Waals surface area contributed by atoms with E-state index in [1.807, 2.05) is 24.3 Å². The summed E-state index contributed by atoms with van der Waals surface area (Å²) in [5.74, 6) is 0.148. The summed E-state index contributed by atoms with van der Waals surface area (Å²) in [6.45, 7) is 2.84. The van der Waals surface area contributed by atoms with Gasteiger partial charge >= 0.3 is 0 Å². The van der Waals surface area contributed by atoms with Crippen LogP contribution in [0.1, 0.15) is 0 Å². The highest BCUT2D eigenvalue weighted by Crippen LogP contribution is 2.26. The summed E-state index contributed by atoms with van der Waals surface area (Å²) in [6, 6.07) is 7.65. The van der Waals surface area contributed by atoms with Crippen molar-refractivity contribution < 1.29 is 8.42 Å². The molecule has 1 aliphatic rings. The van der Waals surface area contributed by atoms with Crippen LogP contribution in [0.3, 0.4) is 0 Å². The van der Waals surface area contributed by atoms with E-state index in [1.54, 1.807) is 11.4 Å². The van der Waals surface area contributed by atoms with Crippen molar-refractivity contribution in [1.29, 1.82) is 0 Å². The summed E-state index contributed by atoms with van der Waals surface area (Å²) in [5, 5.41) is 3.58. The Bertz CT molecular complexity index is 542. The molecule has 0 spiro atoms. The number of benzene rings is 1. The third-order valence-electron chi connectivity index (χ3n) is 3.44. The Balaban J connectivity index is 1.98. The first-order chi connectivity index (χ1) is 9.54. The highest BCUT2D eigenvalue weighted by molar-refractivity contribution is 7.89. The van der Waals surface area contributed by atoms with E-state index in [0.717, 1.165) is 5.69 Å². The molecular formula is C13H20ClN3O2S. The maximum Gasteiger partial charge on any atom is 0.215 e. The van der Waals surface area contributed by atoms with E-state index in [4.69, 9.17) is 11.6 Å². The molecule has 2 rings (SSSR count). The van der Waals surface area contributed by atoms with Crippen LogP contribution >= 0.6 is 11.6 Å². The van der Waals surface area contributed by atoms with Crippen LogP contribution in [-0.4, -0.2) is 58.2 Å². The van der Waals surface area contributed by atoms with E-state index >= 15 is 0 Å². The Morgan fingerprint density at radius 2 is 1.85 bits per heavy atom. The van der Waals surface area contributed by atoms with Crippen LogP contribution in [0, 0.1) is 0 Å². The molecule has 0 amide bonds. The summed E-state index contributed by atoms with van der Waals surface area (Å²) < 4.78 is 25.8. The van der Waals surface area contributed by atoms with E-state index in [0.29, 0.717) is 37.7 Å². The van der Waals surface area contributed by atoms with Crippen molar-refractivity contribution in [3.05, 3.63) is 29.3 Å². The van der Waals surface area contributed by atoms with E-state index in [9.17, 15) is 8.42 Å². The number of rotatable bonds is 5. The maximum absolute atomic E-state index is 12.1. The molecule has 0 atom stereocenters. The Labute approximate surface area is 125 Å². The standard InChI is InChI=1S/C13H20ClN3O2S/c1-15-6-11-20(18,19)17-9-7-16(8-10-17)13-5-3-2-4-12(13)14/h2-5,15H,6-11H2,1H3. The molecule has 1 aromatic rings. The summed E-state index contributed by atoms with van der Waals surface area (Å²) in [4.78, 5) is 2.13. The average molecular weight is 318 g/mol. The molecule has 0 aliphatic carbocycles. The normalized spacial score (nSPS) is 17.4. The van der Waals surface area contributed by atoms with Crippen molar-refractivity contribution in [3.63, 3.8) is 0 Å². The van der Waals surface area contributed by atoms with Crippen molar-refractivity contribution >= 4 is 27.3 Å². The van der Waals surface area contributed by atoms with Crippen molar-refractivity contribution in [1.82, 2.24) is 9.62 Å². The predicted molar refractivity (Wildman–Crippen MR) is 83.0 cm³/mol. The number of nitrogens with zero attached hydrogens (tertiary/aromatic N) is 2. The van der Waals surface area contributed by atoms with Gasteiger partial charge in [0.1, 0.15) is 0 Å². The molecule has 0 unspecified atom stereocenters. The molecule has 1 aliphatic heterocycles. The van der Waals surface area contributed by atoms with Crippen molar-refractivity contribution in [2.75, 3.05) is 50.4 Å². The average Bonchev–Trinajstić information content (AvgIpc) is 2.46. The minimum atomic E-state index is -3.15. The second-order valence-corrected chi connectivity index (χ2v) is 7.25. The second kappa shape index (κ2) is 6.76. The molecule has 1 aromatic carbocycles. The number of halogens is 1. The van der Waals surface area contributed by atoms with Gasteiger partial charge in [0.15, 0.2) is 0 Å². The highest BCUT2D eigenvalue weighted by atomic mass is 35.5. The predicted octanol–water partition coefficient (Wildman–Crippen LogP) is 1.01. The van der Waals surface area contributed by atoms with Crippen molar-refractivity contribution in [2.45, 2.75) is 0 Å². The summed E-state index contributed by atoms with van der Waals surface area (Å²) in [5.41, 5.74) is 0.974. The van der Waals surface area contributed by atoms with Gasteiger partial charge in [-0.2, -0.15) is 4.31 Å². The number of nitrogens with one attached hydrogen (secondary N) is 1. The number of anilines is 1. The summed E-state index contributed by atoms with van der Waals surface area (Å²) >= 11 is 6.17. The fraction of sp³-hybridized carbons (Fsp3) is 0.538. The van der Waals surface area contributed by atoms with Crippen molar-refractivity contribution in [3.8, 4) is 0 Å². The molecule has 1 heterocycles. The molecule has 0 aromatic heterocycles. The number of sulfonamides is 1. The first-order valence-electron chi connectivity index (χ1n) is 6.66. The smallest absolute Gasteiger partial charge is 0.215 e. The van der Waals surface area contributed by atoms with Crippen molar-refractivity contribution in [2.24, 2.45) is 0 Å². The summed E-state index contributed by atoms with van der Waals surface area (Å²) in [7, 11) is -1.40. The molecular weight excluding hydrogens is 298 g/mol. The van der Waals surface area contributed by atoms with Gasteiger partial charge in [-0.25, -0.2) is 8.42 Å². The van der Waals surface area contributed by atoms with Crippen LogP contribution in [-0.2, 0) is 10.0 Å². The Morgan fingerprint density at radius 3 is 2.45 bits per heavy atom. The van der Waals surface area contributed by atoms with E-state index in [-0.39, 0.29) is 5.75 Å². The number of hydrogen-bond acceptors (Lipinski definition) is 4. The lowest BCUT2D eigenvalue weighted by molar-refractivity contribution is 0.384. The lowest BCUT2D eigenvalue weighted by atomic mass is 10.2. The Morgan fingerprint density at radius 1 is 1.20 bits per heavy atom. The Hall–Kier alpha value is -0.820. The zero-order chi connectivity index (χ0) is 14.6. The van der Waals surface area contributed by atoms with E-state index in [1.165, 1.54) is 0 Å². The molecule has 112 valence electrons. The molecule has 0 saturated carbocycles. The maximum atomic E-state index is 12.1. The first-order valence-corrected chi connectivity index (χ1v) is 8.65. The van der Waals surface area contributed by atoms with Gasteiger partial charge in [0.25, 0.3) is 0 Å². The number of hydrogen-bond donors (Lipinski definition) is 1. The summed E-state index contributed by atoms with van der Waals surface area (Å²) in [6.07, 6.45) is 0. The van der Waals surface area contributed by atoms with Gasteiger partial charge < -0.3 is 10.2 Å². The van der Waals surface area contributed by atoms with Gasteiger partial charge in [-0.15, -0.1) is 0 Å². The number of piperazine rings is 1. The molecule has 5 nitrogen and oxygen atoms in total. The Kier molecular flexibility index (Phi) is 5.26. The fourth-order valence-corrected chi connectivity index (χ4v) is 3.97. The van der Waals surface area contributed by atoms with Crippen LogP contribution < -0.4 is 10.2 Å². The fourth-order valence-electron chi connectivity index (χ4n) is 2.28. The van der Waals surface area contributed by atoms with Gasteiger partial charge in [0.2, 0.25) is 10.0 Å². The molecule has 0 radical (unpaired) electrons. The lowest BCUT2D eigenvalue weighted by Gasteiger charge is -2.35. The van der Waals surface area contributed by atoms with Gasteiger partial charge in [0, 0.05) is 32.7 Å². The zero-order valence-corrected chi connectivity index (χ0v) is 13.1. The zero-order valence-electron chi connectivity index (χ0n) is 11.5. The third kappa shape index (κ3) is 3.63. The largest absolute Gasteiger partial charge is 0.368 e. The third-order valence-corrected chi connectivity index (χ3v) is 5.63. The quantitative estimate of drug-likeness (QED) is 0.880. The minimum Gasteiger partial charge on any atom is -0.368 e. The second-order valence-electron chi connectivity index (χ2n) is 4.76. The van der Waals surface area contributed by atoms with E-state index < -0.39 is 10.0 Å².